The maximum absolute atomic E-state index is 11.8. The zero-order chi connectivity index (χ0) is 13.4. The van der Waals surface area contributed by atoms with Crippen LogP contribution in [0.1, 0.15) is 25.7 Å². The summed E-state index contributed by atoms with van der Waals surface area (Å²) in [5.74, 6) is 0. The monoisotopic (exact) mass is 294 g/mol. The molecule has 0 aliphatic heterocycles. The molecule has 0 atom stereocenters. The van der Waals surface area contributed by atoms with Gasteiger partial charge >= 0.3 is 0 Å². The van der Waals surface area contributed by atoms with Crippen molar-refractivity contribution in [2.75, 3.05) is 13.3 Å². The Morgan fingerprint density at radius 2 is 1.67 bits per heavy atom. The molecular formula is C12H16ClFO3S. The molecule has 0 aromatic heterocycles. The Morgan fingerprint density at radius 3 is 2.28 bits per heavy atom. The molecule has 0 saturated carbocycles. The highest BCUT2D eigenvalue weighted by Gasteiger charge is 2.14. The van der Waals surface area contributed by atoms with E-state index in [9.17, 15) is 12.8 Å². The highest BCUT2D eigenvalue weighted by atomic mass is 35.5. The Kier molecular flexibility index (Phi) is 6.60. The summed E-state index contributed by atoms with van der Waals surface area (Å²) in [7, 11) is -3.70. The van der Waals surface area contributed by atoms with E-state index in [2.05, 4.69) is 0 Å². The predicted octanol–water partition coefficient (Wildman–Crippen LogP) is 3.58. The van der Waals surface area contributed by atoms with E-state index in [0.29, 0.717) is 17.9 Å². The molecule has 3 nitrogen and oxygen atoms in total. The van der Waals surface area contributed by atoms with Crippen LogP contribution in [-0.2, 0) is 14.3 Å². The van der Waals surface area contributed by atoms with Gasteiger partial charge in [0.25, 0.3) is 10.1 Å². The molecule has 0 heterocycles. The van der Waals surface area contributed by atoms with Crippen LogP contribution < -0.4 is 0 Å². The first kappa shape index (κ1) is 15.4. The molecule has 1 aromatic carbocycles. The van der Waals surface area contributed by atoms with Crippen LogP contribution in [0.25, 0.3) is 0 Å². The van der Waals surface area contributed by atoms with Gasteiger partial charge in [0.1, 0.15) is 0 Å². The average molecular weight is 295 g/mol. The Labute approximate surface area is 112 Å². The molecule has 0 unspecified atom stereocenters. The fourth-order valence-electron chi connectivity index (χ4n) is 1.39. The van der Waals surface area contributed by atoms with E-state index >= 15 is 0 Å². The zero-order valence-corrected chi connectivity index (χ0v) is 11.5. The second-order valence-electron chi connectivity index (χ2n) is 3.83. The van der Waals surface area contributed by atoms with Crippen LogP contribution in [0.15, 0.2) is 29.2 Å². The predicted molar refractivity (Wildman–Crippen MR) is 69.0 cm³/mol. The van der Waals surface area contributed by atoms with Gasteiger partial charge in [-0.05, 0) is 37.1 Å². The van der Waals surface area contributed by atoms with E-state index in [1.54, 1.807) is 0 Å². The second kappa shape index (κ2) is 7.71. The number of alkyl halides is 1. The van der Waals surface area contributed by atoms with E-state index in [1.165, 1.54) is 24.3 Å². The standard InChI is InChI=1S/C12H16ClFO3S/c13-11-5-7-12(8-6-11)18(15,16)17-10-4-2-1-3-9-14/h5-8H,1-4,9-10H2. The molecule has 0 fully saturated rings. The Morgan fingerprint density at radius 1 is 1.06 bits per heavy atom. The van der Waals surface area contributed by atoms with E-state index in [-0.39, 0.29) is 18.2 Å². The number of rotatable bonds is 8. The van der Waals surface area contributed by atoms with Crippen LogP contribution in [0.3, 0.4) is 0 Å². The van der Waals surface area contributed by atoms with E-state index in [1.807, 2.05) is 0 Å². The molecule has 102 valence electrons. The van der Waals surface area contributed by atoms with Gasteiger partial charge in [-0.2, -0.15) is 8.42 Å². The molecule has 1 aromatic rings. The second-order valence-corrected chi connectivity index (χ2v) is 5.89. The molecule has 0 N–H and O–H groups in total. The first-order valence-electron chi connectivity index (χ1n) is 5.77. The van der Waals surface area contributed by atoms with Gasteiger partial charge in [0.2, 0.25) is 0 Å². The molecule has 0 spiro atoms. The first-order chi connectivity index (χ1) is 8.56. The average Bonchev–Trinajstić information content (AvgIpc) is 2.34. The zero-order valence-electron chi connectivity index (χ0n) is 9.94. The van der Waals surface area contributed by atoms with Crippen LogP contribution >= 0.6 is 11.6 Å². The molecule has 0 saturated heterocycles. The van der Waals surface area contributed by atoms with E-state index < -0.39 is 10.1 Å². The lowest BCUT2D eigenvalue weighted by Gasteiger charge is -2.05. The highest BCUT2D eigenvalue weighted by Crippen LogP contribution is 2.16. The van der Waals surface area contributed by atoms with Crippen molar-refractivity contribution in [2.24, 2.45) is 0 Å². The number of hydrogen-bond acceptors (Lipinski definition) is 3. The van der Waals surface area contributed by atoms with Crippen molar-refractivity contribution in [1.82, 2.24) is 0 Å². The fraction of sp³-hybridized carbons (Fsp3) is 0.500. The van der Waals surface area contributed by atoms with Gasteiger partial charge in [-0.1, -0.05) is 24.4 Å². The smallest absolute Gasteiger partial charge is 0.266 e. The Bertz CT molecular complexity index is 445. The lowest BCUT2D eigenvalue weighted by molar-refractivity contribution is 0.305. The minimum Gasteiger partial charge on any atom is -0.266 e. The van der Waals surface area contributed by atoms with Gasteiger partial charge in [0.15, 0.2) is 0 Å². The van der Waals surface area contributed by atoms with Crippen molar-refractivity contribution in [3.8, 4) is 0 Å². The first-order valence-corrected chi connectivity index (χ1v) is 7.56. The van der Waals surface area contributed by atoms with E-state index in [0.717, 1.165) is 12.8 Å². The number of benzene rings is 1. The summed E-state index contributed by atoms with van der Waals surface area (Å²) in [6, 6.07) is 5.81. The lowest BCUT2D eigenvalue weighted by atomic mass is 10.2. The molecule has 0 aliphatic carbocycles. The Hall–Kier alpha value is -0.650. The van der Waals surface area contributed by atoms with Crippen LogP contribution in [0.5, 0.6) is 0 Å². The summed E-state index contributed by atoms with van der Waals surface area (Å²) in [5, 5.41) is 0.472. The summed E-state index contributed by atoms with van der Waals surface area (Å²) >= 11 is 5.67. The van der Waals surface area contributed by atoms with Crippen molar-refractivity contribution < 1.29 is 17.0 Å². The van der Waals surface area contributed by atoms with Crippen LogP contribution in [0.2, 0.25) is 5.02 Å². The minimum atomic E-state index is -3.70. The van der Waals surface area contributed by atoms with E-state index in [4.69, 9.17) is 15.8 Å². The van der Waals surface area contributed by atoms with Crippen LogP contribution in [0, 0.1) is 0 Å². The molecule has 0 bridgehead atoms. The maximum Gasteiger partial charge on any atom is 0.296 e. The summed E-state index contributed by atoms with van der Waals surface area (Å²) in [5.41, 5.74) is 0. The molecule has 0 radical (unpaired) electrons. The van der Waals surface area contributed by atoms with Crippen molar-refractivity contribution >= 4 is 21.7 Å². The van der Waals surface area contributed by atoms with Gasteiger partial charge in [0.05, 0.1) is 18.2 Å². The van der Waals surface area contributed by atoms with Crippen LogP contribution in [-0.4, -0.2) is 21.7 Å². The topological polar surface area (TPSA) is 43.4 Å². The van der Waals surface area contributed by atoms with Crippen LogP contribution in [0.4, 0.5) is 4.39 Å². The van der Waals surface area contributed by atoms with Crippen molar-refractivity contribution in [2.45, 2.75) is 30.6 Å². The summed E-state index contributed by atoms with van der Waals surface area (Å²) in [6.45, 7) is -0.207. The largest absolute Gasteiger partial charge is 0.296 e. The van der Waals surface area contributed by atoms with Gasteiger partial charge in [-0.25, -0.2) is 0 Å². The highest BCUT2D eigenvalue weighted by molar-refractivity contribution is 7.86. The normalized spacial score (nSPS) is 11.7. The van der Waals surface area contributed by atoms with Gasteiger partial charge in [-0.15, -0.1) is 0 Å². The fourth-order valence-corrected chi connectivity index (χ4v) is 2.46. The van der Waals surface area contributed by atoms with Gasteiger partial charge < -0.3 is 0 Å². The number of halogens is 2. The molecule has 1 rings (SSSR count). The number of hydrogen-bond donors (Lipinski definition) is 0. The summed E-state index contributed by atoms with van der Waals surface area (Å²) in [4.78, 5) is 0.0932. The van der Waals surface area contributed by atoms with Crippen molar-refractivity contribution in [1.29, 1.82) is 0 Å². The molecule has 6 heteroatoms. The summed E-state index contributed by atoms with van der Waals surface area (Å²) in [6.07, 6.45) is 2.64. The minimum absolute atomic E-state index is 0.0932. The van der Waals surface area contributed by atoms with Crippen molar-refractivity contribution in [3.05, 3.63) is 29.3 Å². The molecule has 0 amide bonds. The Balaban J connectivity index is 2.38. The SMILES string of the molecule is O=S(=O)(OCCCCCCF)c1ccc(Cl)cc1. The van der Waals surface area contributed by atoms with Gasteiger partial charge in [-0.3, -0.25) is 8.57 Å². The van der Waals surface area contributed by atoms with Crippen molar-refractivity contribution in [3.63, 3.8) is 0 Å². The molecular weight excluding hydrogens is 279 g/mol. The third-order valence-electron chi connectivity index (χ3n) is 2.37. The molecule has 0 aliphatic rings. The quantitative estimate of drug-likeness (QED) is 0.544. The van der Waals surface area contributed by atoms with Gasteiger partial charge in [0, 0.05) is 5.02 Å². The summed E-state index contributed by atoms with van der Waals surface area (Å²) < 4.78 is 40.1. The third-order valence-corrected chi connectivity index (χ3v) is 3.95. The lowest BCUT2D eigenvalue weighted by Crippen LogP contribution is -2.07. The maximum atomic E-state index is 11.8. The molecule has 18 heavy (non-hydrogen) atoms. The third kappa shape index (κ3) is 5.33. The number of unbranched alkanes of at least 4 members (excludes halogenated alkanes) is 3.